The highest BCUT2D eigenvalue weighted by Crippen LogP contribution is 2.47. The third-order valence-electron chi connectivity index (χ3n) is 4.84. The summed E-state index contributed by atoms with van der Waals surface area (Å²) >= 11 is 3.65. The minimum atomic E-state index is 0.172. The van der Waals surface area contributed by atoms with Gasteiger partial charge in [0.1, 0.15) is 0 Å². The molecule has 2 aromatic carbocycles. The standard InChI is InChI=1S/C18H21BrN2/c19-16-10-5-4-7-14(16)13-17(21-20)18(11-6-12-18)15-8-2-1-3-9-15/h1-5,7-10,17,21H,6,11-13,20H2. The van der Waals surface area contributed by atoms with Crippen molar-refractivity contribution < 1.29 is 0 Å². The van der Waals surface area contributed by atoms with E-state index in [9.17, 15) is 0 Å². The molecule has 3 heteroatoms. The van der Waals surface area contributed by atoms with Gasteiger partial charge in [-0.1, -0.05) is 70.9 Å². The first kappa shape index (κ1) is 14.8. The van der Waals surface area contributed by atoms with Crippen LogP contribution in [0.2, 0.25) is 0 Å². The second kappa shape index (κ2) is 6.30. The SMILES string of the molecule is NNC(Cc1ccccc1Br)C1(c2ccccc2)CCC1. The van der Waals surface area contributed by atoms with Crippen LogP contribution in [0.4, 0.5) is 0 Å². The number of hydrazine groups is 1. The Morgan fingerprint density at radius 1 is 1.05 bits per heavy atom. The Balaban J connectivity index is 1.90. The van der Waals surface area contributed by atoms with Gasteiger partial charge in [0, 0.05) is 15.9 Å². The predicted molar refractivity (Wildman–Crippen MR) is 90.9 cm³/mol. The summed E-state index contributed by atoms with van der Waals surface area (Å²) in [4.78, 5) is 0. The molecule has 1 aliphatic rings. The zero-order valence-corrected chi connectivity index (χ0v) is 13.6. The van der Waals surface area contributed by atoms with Crippen molar-refractivity contribution >= 4 is 15.9 Å². The van der Waals surface area contributed by atoms with E-state index in [1.54, 1.807) is 0 Å². The van der Waals surface area contributed by atoms with Crippen LogP contribution in [0.1, 0.15) is 30.4 Å². The first-order valence-corrected chi connectivity index (χ1v) is 8.30. The van der Waals surface area contributed by atoms with E-state index in [0.29, 0.717) is 0 Å². The molecule has 1 aliphatic carbocycles. The quantitative estimate of drug-likeness (QED) is 0.636. The minimum Gasteiger partial charge on any atom is -0.271 e. The van der Waals surface area contributed by atoms with Gasteiger partial charge in [-0.3, -0.25) is 11.3 Å². The summed E-state index contributed by atoms with van der Waals surface area (Å²) in [7, 11) is 0. The molecule has 0 bridgehead atoms. The van der Waals surface area contributed by atoms with Crippen molar-refractivity contribution in [3.8, 4) is 0 Å². The second-order valence-electron chi connectivity index (χ2n) is 5.89. The lowest BCUT2D eigenvalue weighted by Crippen LogP contribution is -2.56. The van der Waals surface area contributed by atoms with Gasteiger partial charge in [-0.05, 0) is 36.5 Å². The number of hydrogen-bond donors (Lipinski definition) is 2. The molecule has 1 saturated carbocycles. The van der Waals surface area contributed by atoms with E-state index in [-0.39, 0.29) is 11.5 Å². The van der Waals surface area contributed by atoms with Crippen LogP contribution in [0.15, 0.2) is 59.1 Å². The highest BCUT2D eigenvalue weighted by Gasteiger charge is 2.45. The van der Waals surface area contributed by atoms with E-state index in [1.165, 1.54) is 30.4 Å². The summed E-state index contributed by atoms with van der Waals surface area (Å²) in [6.45, 7) is 0. The van der Waals surface area contributed by atoms with Crippen molar-refractivity contribution in [2.24, 2.45) is 5.84 Å². The van der Waals surface area contributed by atoms with E-state index in [0.717, 1.165) is 10.9 Å². The summed E-state index contributed by atoms with van der Waals surface area (Å²) in [5.74, 6) is 5.94. The van der Waals surface area contributed by atoms with Crippen molar-refractivity contribution in [2.45, 2.75) is 37.1 Å². The average molecular weight is 345 g/mol. The van der Waals surface area contributed by atoms with Crippen LogP contribution < -0.4 is 11.3 Å². The molecule has 0 amide bonds. The number of rotatable bonds is 5. The molecule has 1 atom stereocenters. The van der Waals surface area contributed by atoms with Gasteiger partial charge in [0.05, 0.1) is 0 Å². The summed E-state index contributed by atoms with van der Waals surface area (Å²) < 4.78 is 1.16. The lowest BCUT2D eigenvalue weighted by Gasteiger charge is -2.48. The van der Waals surface area contributed by atoms with Crippen LogP contribution >= 0.6 is 15.9 Å². The maximum atomic E-state index is 5.94. The molecule has 0 spiro atoms. The monoisotopic (exact) mass is 344 g/mol. The summed E-state index contributed by atoms with van der Waals surface area (Å²) in [5, 5.41) is 0. The second-order valence-corrected chi connectivity index (χ2v) is 6.74. The van der Waals surface area contributed by atoms with Crippen molar-refractivity contribution in [2.75, 3.05) is 0 Å². The van der Waals surface area contributed by atoms with Gasteiger partial charge >= 0.3 is 0 Å². The number of nitrogens with two attached hydrogens (primary N) is 1. The van der Waals surface area contributed by atoms with Gasteiger partial charge in [0.25, 0.3) is 0 Å². The molecular weight excluding hydrogens is 324 g/mol. The van der Waals surface area contributed by atoms with Gasteiger partial charge in [0.15, 0.2) is 0 Å². The lowest BCUT2D eigenvalue weighted by atomic mass is 9.59. The molecule has 3 rings (SSSR count). The molecule has 0 saturated heterocycles. The highest BCUT2D eigenvalue weighted by atomic mass is 79.9. The van der Waals surface area contributed by atoms with E-state index in [4.69, 9.17) is 5.84 Å². The largest absolute Gasteiger partial charge is 0.271 e. The summed E-state index contributed by atoms with van der Waals surface area (Å²) in [5.41, 5.74) is 5.99. The fourth-order valence-electron chi connectivity index (χ4n) is 3.46. The van der Waals surface area contributed by atoms with Crippen LogP contribution in [0.3, 0.4) is 0 Å². The summed E-state index contributed by atoms with van der Waals surface area (Å²) in [6, 6.07) is 19.5. The number of nitrogens with one attached hydrogen (secondary N) is 1. The number of hydrogen-bond acceptors (Lipinski definition) is 2. The third kappa shape index (κ3) is 2.78. The molecule has 21 heavy (non-hydrogen) atoms. The lowest BCUT2D eigenvalue weighted by molar-refractivity contribution is 0.168. The van der Waals surface area contributed by atoms with Crippen LogP contribution in [0.5, 0.6) is 0 Å². The Hall–Kier alpha value is -1.16. The van der Waals surface area contributed by atoms with Gasteiger partial charge in [0.2, 0.25) is 0 Å². The third-order valence-corrected chi connectivity index (χ3v) is 5.62. The fraction of sp³-hybridized carbons (Fsp3) is 0.333. The molecule has 110 valence electrons. The number of halogens is 1. The maximum Gasteiger partial charge on any atom is 0.0348 e. The van der Waals surface area contributed by atoms with Crippen LogP contribution in [-0.2, 0) is 11.8 Å². The average Bonchev–Trinajstić information content (AvgIpc) is 2.48. The Morgan fingerprint density at radius 3 is 2.29 bits per heavy atom. The molecule has 2 nitrogen and oxygen atoms in total. The highest BCUT2D eigenvalue weighted by molar-refractivity contribution is 9.10. The maximum absolute atomic E-state index is 5.94. The van der Waals surface area contributed by atoms with Crippen molar-refractivity contribution in [3.63, 3.8) is 0 Å². The molecule has 1 unspecified atom stereocenters. The van der Waals surface area contributed by atoms with E-state index in [2.05, 4.69) is 76.0 Å². The minimum absolute atomic E-state index is 0.172. The first-order chi connectivity index (χ1) is 10.3. The Kier molecular flexibility index (Phi) is 4.43. The molecular formula is C18H21BrN2. The Morgan fingerprint density at radius 2 is 1.71 bits per heavy atom. The smallest absolute Gasteiger partial charge is 0.0348 e. The Labute approximate surface area is 134 Å². The zero-order valence-electron chi connectivity index (χ0n) is 12.1. The number of benzene rings is 2. The molecule has 2 aromatic rings. The molecule has 0 radical (unpaired) electrons. The van der Waals surface area contributed by atoms with E-state index >= 15 is 0 Å². The van der Waals surface area contributed by atoms with Crippen molar-refractivity contribution in [1.29, 1.82) is 0 Å². The van der Waals surface area contributed by atoms with E-state index < -0.39 is 0 Å². The molecule has 3 N–H and O–H groups in total. The van der Waals surface area contributed by atoms with Gasteiger partial charge in [-0.25, -0.2) is 0 Å². The van der Waals surface area contributed by atoms with Crippen LogP contribution in [-0.4, -0.2) is 6.04 Å². The van der Waals surface area contributed by atoms with Gasteiger partial charge < -0.3 is 0 Å². The van der Waals surface area contributed by atoms with Gasteiger partial charge in [-0.2, -0.15) is 0 Å². The first-order valence-electron chi connectivity index (χ1n) is 7.51. The van der Waals surface area contributed by atoms with E-state index in [1.807, 2.05) is 0 Å². The molecule has 0 aromatic heterocycles. The molecule has 0 aliphatic heterocycles. The van der Waals surface area contributed by atoms with Crippen molar-refractivity contribution in [1.82, 2.24) is 5.43 Å². The topological polar surface area (TPSA) is 38.0 Å². The van der Waals surface area contributed by atoms with Crippen molar-refractivity contribution in [3.05, 3.63) is 70.2 Å². The molecule has 1 fully saturated rings. The van der Waals surface area contributed by atoms with Crippen LogP contribution in [0.25, 0.3) is 0 Å². The predicted octanol–water partition coefficient (Wildman–Crippen LogP) is 3.95. The summed E-state index contributed by atoms with van der Waals surface area (Å²) in [6.07, 6.45) is 4.63. The molecule has 0 heterocycles. The Bertz CT molecular complexity index is 593. The zero-order chi connectivity index (χ0) is 14.7. The van der Waals surface area contributed by atoms with Gasteiger partial charge in [-0.15, -0.1) is 0 Å². The fourth-order valence-corrected chi connectivity index (χ4v) is 3.91. The normalized spacial score (nSPS) is 18.0. The van der Waals surface area contributed by atoms with Crippen LogP contribution in [0, 0.1) is 0 Å².